The lowest BCUT2D eigenvalue weighted by Crippen LogP contribution is -2.04. The molecule has 0 aliphatic heterocycles. The number of aromatic nitrogens is 3. The summed E-state index contributed by atoms with van der Waals surface area (Å²) in [7, 11) is 1.87. The number of hydrogen-bond donors (Lipinski definition) is 1. The van der Waals surface area contributed by atoms with Crippen molar-refractivity contribution in [2.24, 2.45) is 0 Å². The SMILES string of the molecule is CCc1cccnc1-c1nc(C)c(C)c(NC)n1. The highest BCUT2D eigenvalue weighted by molar-refractivity contribution is 5.59. The Morgan fingerprint density at radius 1 is 1.22 bits per heavy atom. The number of anilines is 1. The molecule has 18 heavy (non-hydrogen) atoms. The molecule has 0 spiro atoms. The number of hydrogen-bond acceptors (Lipinski definition) is 4. The van der Waals surface area contributed by atoms with Crippen molar-refractivity contribution in [1.29, 1.82) is 0 Å². The van der Waals surface area contributed by atoms with Crippen LogP contribution in [0.4, 0.5) is 5.82 Å². The predicted molar refractivity (Wildman–Crippen MR) is 73.7 cm³/mol. The minimum Gasteiger partial charge on any atom is -0.373 e. The lowest BCUT2D eigenvalue weighted by atomic mass is 10.1. The van der Waals surface area contributed by atoms with Crippen molar-refractivity contribution in [3.8, 4) is 11.5 Å². The van der Waals surface area contributed by atoms with E-state index in [0.717, 1.165) is 29.2 Å². The summed E-state index contributed by atoms with van der Waals surface area (Å²) in [6.45, 7) is 6.13. The lowest BCUT2D eigenvalue weighted by Gasteiger charge is -2.11. The maximum atomic E-state index is 4.55. The van der Waals surface area contributed by atoms with Gasteiger partial charge in [-0.15, -0.1) is 0 Å². The highest BCUT2D eigenvalue weighted by Crippen LogP contribution is 2.22. The van der Waals surface area contributed by atoms with E-state index in [4.69, 9.17) is 0 Å². The normalized spacial score (nSPS) is 10.4. The topological polar surface area (TPSA) is 50.7 Å². The van der Waals surface area contributed by atoms with E-state index >= 15 is 0 Å². The smallest absolute Gasteiger partial charge is 0.180 e. The van der Waals surface area contributed by atoms with Crippen LogP contribution < -0.4 is 5.32 Å². The first-order chi connectivity index (χ1) is 8.67. The third-order valence-corrected chi connectivity index (χ3v) is 3.11. The Kier molecular flexibility index (Phi) is 3.55. The molecule has 1 N–H and O–H groups in total. The van der Waals surface area contributed by atoms with Crippen LogP contribution in [0.5, 0.6) is 0 Å². The van der Waals surface area contributed by atoms with Crippen LogP contribution in [0.3, 0.4) is 0 Å². The van der Waals surface area contributed by atoms with Crippen molar-refractivity contribution in [2.45, 2.75) is 27.2 Å². The fourth-order valence-electron chi connectivity index (χ4n) is 1.90. The van der Waals surface area contributed by atoms with Crippen LogP contribution in [0.1, 0.15) is 23.7 Å². The standard InChI is InChI=1S/C14H18N4/c1-5-11-7-6-8-16-12(11)14-17-10(3)9(2)13(15-4)18-14/h6-8H,5H2,1-4H3,(H,15,17,18). The minimum absolute atomic E-state index is 0.694. The Hall–Kier alpha value is -1.97. The molecule has 94 valence electrons. The first-order valence-electron chi connectivity index (χ1n) is 6.14. The van der Waals surface area contributed by atoms with Crippen molar-refractivity contribution in [3.05, 3.63) is 35.2 Å². The van der Waals surface area contributed by atoms with E-state index in [1.165, 1.54) is 5.56 Å². The summed E-state index contributed by atoms with van der Waals surface area (Å²) >= 11 is 0. The molecule has 0 aliphatic rings. The fraction of sp³-hybridized carbons (Fsp3) is 0.357. The zero-order valence-corrected chi connectivity index (χ0v) is 11.3. The van der Waals surface area contributed by atoms with Gasteiger partial charge in [0.2, 0.25) is 0 Å². The van der Waals surface area contributed by atoms with E-state index in [-0.39, 0.29) is 0 Å². The second kappa shape index (κ2) is 5.12. The Labute approximate surface area is 108 Å². The average Bonchev–Trinajstić information content (AvgIpc) is 2.41. The number of rotatable bonds is 3. The zero-order valence-electron chi connectivity index (χ0n) is 11.3. The van der Waals surface area contributed by atoms with Gasteiger partial charge >= 0.3 is 0 Å². The van der Waals surface area contributed by atoms with Crippen LogP contribution in [0.2, 0.25) is 0 Å². The molecule has 0 unspecified atom stereocenters. The van der Waals surface area contributed by atoms with Crippen LogP contribution in [-0.2, 0) is 6.42 Å². The van der Waals surface area contributed by atoms with E-state index < -0.39 is 0 Å². The number of nitrogens with one attached hydrogen (secondary N) is 1. The van der Waals surface area contributed by atoms with E-state index in [2.05, 4.69) is 33.3 Å². The molecule has 0 aliphatic carbocycles. The number of nitrogens with zero attached hydrogens (tertiary/aromatic N) is 3. The second-order valence-corrected chi connectivity index (χ2v) is 4.22. The third-order valence-electron chi connectivity index (χ3n) is 3.11. The van der Waals surface area contributed by atoms with E-state index in [9.17, 15) is 0 Å². The highest BCUT2D eigenvalue weighted by atomic mass is 15.0. The molecule has 0 aromatic carbocycles. The molecule has 0 saturated heterocycles. The maximum Gasteiger partial charge on any atom is 0.180 e. The quantitative estimate of drug-likeness (QED) is 0.899. The Morgan fingerprint density at radius 2 is 2.00 bits per heavy atom. The van der Waals surface area contributed by atoms with Gasteiger partial charge in [-0.2, -0.15) is 0 Å². The third kappa shape index (κ3) is 2.18. The van der Waals surface area contributed by atoms with Crippen molar-refractivity contribution < 1.29 is 0 Å². The highest BCUT2D eigenvalue weighted by Gasteiger charge is 2.12. The van der Waals surface area contributed by atoms with E-state index in [0.29, 0.717) is 5.82 Å². The van der Waals surface area contributed by atoms with Crippen LogP contribution in [0.15, 0.2) is 18.3 Å². The minimum atomic E-state index is 0.694. The van der Waals surface area contributed by atoms with Gasteiger partial charge in [0.1, 0.15) is 11.5 Å². The molecule has 4 nitrogen and oxygen atoms in total. The molecule has 2 heterocycles. The van der Waals surface area contributed by atoms with Crippen LogP contribution >= 0.6 is 0 Å². The van der Waals surface area contributed by atoms with Gasteiger partial charge in [0.05, 0.1) is 0 Å². The monoisotopic (exact) mass is 242 g/mol. The molecule has 0 fully saturated rings. The van der Waals surface area contributed by atoms with Crippen LogP contribution in [0.25, 0.3) is 11.5 Å². The molecule has 4 heteroatoms. The molecular formula is C14H18N4. The molecule has 0 saturated carbocycles. The summed E-state index contributed by atoms with van der Waals surface area (Å²) in [6, 6.07) is 4.02. The van der Waals surface area contributed by atoms with Gasteiger partial charge in [-0.3, -0.25) is 4.98 Å². The van der Waals surface area contributed by atoms with Crippen molar-refractivity contribution in [1.82, 2.24) is 15.0 Å². The summed E-state index contributed by atoms with van der Waals surface area (Å²) in [5.41, 5.74) is 4.11. The van der Waals surface area contributed by atoms with Gasteiger partial charge < -0.3 is 5.32 Å². The van der Waals surface area contributed by atoms with Gasteiger partial charge in [-0.05, 0) is 31.9 Å². The molecule has 2 aromatic rings. The molecule has 2 rings (SSSR count). The predicted octanol–water partition coefficient (Wildman–Crippen LogP) is 2.76. The first kappa shape index (κ1) is 12.5. The second-order valence-electron chi connectivity index (χ2n) is 4.22. The Morgan fingerprint density at radius 3 is 2.67 bits per heavy atom. The van der Waals surface area contributed by atoms with Crippen LogP contribution in [0, 0.1) is 13.8 Å². The molecule has 0 amide bonds. The molecule has 0 radical (unpaired) electrons. The molecule has 0 atom stereocenters. The summed E-state index contributed by atoms with van der Waals surface area (Å²) in [6.07, 6.45) is 2.71. The largest absolute Gasteiger partial charge is 0.373 e. The summed E-state index contributed by atoms with van der Waals surface area (Å²) in [5.74, 6) is 1.56. The van der Waals surface area contributed by atoms with Crippen molar-refractivity contribution >= 4 is 5.82 Å². The number of aryl methyl sites for hydroxylation is 2. The average molecular weight is 242 g/mol. The number of pyridine rings is 1. The molecule has 0 bridgehead atoms. The summed E-state index contributed by atoms with van der Waals surface area (Å²) in [4.78, 5) is 13.5. The van der Waals surface area contributed by atoms with E-state index in [1.807, 2.05) is 27.0 Å². The van der Waals surface area contributed by atoms with Gasteiger partial charge in [-0.25, -0.2) is 9.97 Å². The van der Waals surface area contributed by atoms with Crippen molar-refractivity contribution in [2.75, 3.05) is 12.4 Å². The zero-order chi connectivity index (χ0) is 13.1. The van der Waals surface area contributed by atoms with Gasteiger partial charge in [-0.1, -0.05) is 13.0 Å². The summed E-state index contributed by atoms with van der Waals surface area (Å²) in [5, 5.41) is 3.10. The lowest BCUT2D eigenvalue weighted by molar-refractivity contribution is 1.03. The molecular weight excluding hydrogens is 224 g/mol. The Balaban J connectivity index is 2.61. The first-order valence-corrected chi connectivity index (χ1v) is 6.14. The maximum absolute atomic E-state index is 4.55. The Bertz CT molecular complexity index is 564. The van der Waals surface area contributed by atoms with E-state index in [1.54, 1.807) is 6.20 Å². The van der Waals surface area contributed by atoms with Gasteiger partial charge in [0.15, 0.2) is 5.82 Å². The van der Waals surface area contributed by atoms with Gasteiger partial charge in [0, 0.05) is 24.5 Å². The molecule has 2 aromatic heterocycles. The summed E-state index contributed by atoms with van der Waals surface area (Å²) < 4.78 is 0. The van der Waals surface area contributed by atoms with Crippen LogP contribution in [-0.4, -0.2) is 22.0 Å². The van der Waals surface area contributed by atoms with Gasteiger partial charge in [0.25, 0.3) is 0 Å². The fourth-order valence-corrected chi connectivity index (χ4v) is 1.90. The van der Waals surface area contributed by atoms with Crippen molar-refractivity contribution in [3.63, 3.8) is 0 Å².